The van der Waals surface area contributed by atoms with Crippen molar-refractivity contribution in [1.29, 1.82) is 0 Å². The highest BCUT2D eigenvalue weighted by molar-refractivity contribution is 6.34. The number of fused-ring (bicyclic) bond motifs is 1. The lowest BCUT2D eigenvalue weighted by atomic mass is 9.54. The van der Waals surface area contributed by atoms with Crippen LogP contribution in [0.15, 0.2) is 51.7 Å². The molecule has 0 radical (unpaired) electrons. The van der Waals surface area contributed by atoms with Crippen molar-refractivity contribution in [2.45, 2.75) is 39.7 Å². The molecule has 1 aromatic heterocycles. The fourth-order valence-electron chi connectivity index (χ4n) is 4.56. The predicted molar refractivity (Wildman–Crippen MR) is 133 cm³/mol. The van der Waals surface area contributed by atoms with Crippen molar-refractivity contribution >= 4 is 28.5 Å². The molecule has 1 saturated carbocycles. The van der Waals surface area contributed by atoms with Gasteiger partial charge in [0.25, 0.3) is 0 Å². The first-order valence-corrected chi connectivity index (χ1v) is 11.8. The molecule has 0 amide bonds. The number of para-hydroxylation sites is 1. The molecule has 0 spiro atoms. The van der Waals surface area contributed by atoms with Gasteiger partial charge in [-0.2, -0.15) is 0 Å². The minimum absolute atomic E-state index is 0.100. The Balaban J connectivity index is 1.43. The quantitative estimate of drug-likeness (QED) is 0.391. The summed E-state index contributed by atoms with van der Waals surface area (Å²) in [7, 11) is 1.53. The van der Waals surface area contributed by atoms with E-state index in [1.165, 1.54) is 13.2 Å². The van der Waals surface area contributed by atoms with Gasteiger partial charge in [-0.3, -0.25) is 9.59 Å². The fourth-order valence-corrected chi connectivity index (χ4v) is 4.78. The summed E-state index contributed by atoms with van der Waals surface area (Å²) in [5.74, 6) is 0.614. The summed E-state index contributed by atoms with van der Waals surface area (Å²) in [4.78, 5) is 24.4. The summed E-state index contributed by atoms with van der Waals surface area (Å²) in [5, 5.41) is 10.4. The van der Waals surface area contributed by atoms with Gasteiger partial charge in [-0.25, -0.2) is 0 Å². The number of carboxylic acid groups (broad SMARTS) is 1. The van der Waals surface area contributed by atoms with Crippen molar-refractivity contribution in [1.82, 2.24) is 0 Å². The zero-order valence-electron chi connectivity index (χ0n) is 20.2. The standard InChI is InChI=1S/C27H29ClO7/c1-26(2,3)27(25(30)31)14-17(15-27)34-11-10-33-16-8-9-22(32-4)19(12-16)23-13-21(29)18-6-5-7-20(28)24(18)35-23/h5-9,12-13,17H,10-11,14-15H2,1-4H3,(H,30,31)/t17-,27-. The minimum Gasteiger partial charge on any atom is -0.496 e. The Hall–Kier alpha value is -3.03. The van der Waals surface area contributed by atoms with Gasteiger partial charge in [-0.15, -0.1) is 0 Å². The van der Waals surface area contributed by atoms with Crippen LogP contribution in [0, 0.1) is 10.8 Å². The highest BCUT2D eigenvalue weighted by Crippen LogP contribution is 2.54. The maximum atomic E-state index is 12.6. The van der Waals surface area contributed by atoms with Crippen LogP contribution >= 0.6 is 11.6 Å². The van der Waals surface area contributed by atoms with E-state index in [1.54, 1.807) is 36.4 Å². The molecule has 186 valence electrons. The van der Waals surface area contributed by atoms with E-state index in [9.17, 15) is 14.7 Å². The molecule has 1 aliphatic carbocycles. The average molecular weight is 501 g/mol. The number of aliphatic carboxylic acids is 1. The smallest absolute Gasteiger partial charge is 0.310 e. The normalized spacial score (nSPS) is 19.9. The lowest BCUT2D eigenvalue weighted by Gasteiger charge is -2.52. The predicted octanol–water partition coefficient (Wildman–Crippen LogP) is 5.80. The van der Waals surface area contributed by atoms with Crippen molar-refractivity contribution in [3.63, 3.8) is 0 Å². The molecule has 0 bridgehead atoms. The van der Waals surface area contributed by atoms with Gasteiger partial charge in [-0.1, -0.05) is 38.4 Å². The molecule has 0 saturated heterocycles. The van der Waals surface area contributed by atoms with Crippen molar-refractivity contribution in [3.05, 3.63) is 57.7 Å². The minimum atomic E-state index is -0.770. The van der Waals surface area contributed by atoms with E-state index in [2.05, 4.69) is 0 Å². The van der Waals surface area contributed by atoms with Crippen LogP contribution in [0.4, 0.5) is 0 Å². The van der Waals surface area contributed by atoms with Crippen LogP contribution in [-0.4, -0.2) is 37.5 Å². The Morgan fingerprint density at radius 2 is 1.91 bits per heavy atom. The molecule has 1 aliphatic rings. The van der Waals surface area contributed by atoms with Crippen molar-refractivity contribution in [2.75, 3.05) is 20.3 Å². The summed E-state index contributed by atoms with van der Waals surface area (Å²) in [6.07, 6.45) is 0.876. The highest BCUT2D eigenvalue weighted by atomic mass is 35.5. The molecule has 1 N–H and O–H groups in total. The number of carbonyl (C=O) groups is 1. The van der Waals surface area contributed by atoms with E-state index in [4.69, 9.17) is 30.2 Å². The second kappa shape index (κ2) is 9.55. The van der Waals surface area contributed by atoms with Gasteiger partial charge < -0.3 is 23.7 Å². The highest BCUT2D eigenvalue weighted by Gasteiger charge is 2.58. The fraction of sp³-hybridized carbons (Fsp3) is 0.407. The average Bonchev–Trinajstić information content (AvgIpc) is 2.77. The zero-order chi connectivity index (χ0) is 25.4. The van der Waals surface area contributed by atoms with Crippen molar-refractivity contribution < 1.29 is 28.5 Å². The van der Waals surface area contributed by atoms with Gasteiger partial charge in [0.15, 0.2) is 11.0 Å². The van der Waals surface area contributed by atoms with Crippen LogP contribution < -0.4 is 14.9 Å². The maximum Gasteiger partial charge on any atom is 0.310 e. The van der Waals surface area contributed by atoms with Gasteiger partial charge >= 0.3 is 5.97 Å². The van der Waals surface area contributed by atoms with Crippen LogP contribution in [0.1, 0.15) is 33.6 Å². The third-order valence-corrected chi connectivity index (χ3v) is 7.14. The molecule has 2 aromatic carbocycles. The van der Waals surface area contributed by atoms with Crippen molar-refractivity contribution in [2.24, 2.45) is 10.8 Å². The van der Waals surface area contributed by atoms with Gasteiger partial charge in [0, 0.05) is 6.07 Å². The molecular formula is C27H29ClO7. The van der Waals surface area contributed by atoms with Crippen molar-refractivity contribution in [3.8, 4) is 22.8 Å². The number of methoxy groups -OCH3 is 1. The zero-order valence-corrected chi connectivity index (χ0v) is 21.0. The summed E-state index contributed by atoms with van der Waals surface area (Å²) in [6.45, 7) is 6.46. The number of rotatable bonds is 8. The molecule has 0 aliphatic heterocycles. The largest absolute Gasteiger partial charge is 0.496 e. The molecule has 35 heavy (non-hydrogen) atoms. The lowest BCUT2D eigenvalue weighted by molar-refractivity contribution is -0.185. The number of ether oxygens (including phenoxy) is 3. The van der Waals surface area contributed by atoms with E-state index in [0.717, 1.165) is 0 Å². The van der Waals surface area contributed by atoms with Crippen LogP contribution in [0.25, 0.3) is 22.3 Å². The number of hydrogen-bond donors (Lipinski definition) is 1. The Labute approximate surface area is 208 Å². The maximum absolute atomic E-state index is 12.6. The van der Waals surface area contributed by atoms with Crippen LogP contribution in [0.3, 0.4) is 0 Å². The molecule has 0 unspecified atom stereocenters. The first-order valence-electron chi connectivity index (χ1n) is 11.4. The van der Waals surface area contributed by atoms with Gasteiger partial charge in [-0.05, 0) is 48.6 Å². The monoisotopic (exact) mass is 500 g/mol. The number of hydrogen-bond acceptors (Lipinski definition) is 6. The molecule has 0 atom stereocenters. The molecule has 1 fully saturated rings. The molecular weight excluding hydrogens is 472 g/mol. The summed E-state index contributed by atoms with van der Waals surface area (Å²) in [5.41, 5.74) is -0.433. The van der Waals surface area contributed by atoms with E-state index < -0.39 is 11.4 Å². The molecule has 3 aromatic rings. The van der Waals surface area contributed by atoms with Gasteiger partial charge in [0.1, 0.15) is 23.9 Å². The summed E-state index contributed by atoms with van der Waals surface area (Å²) < 4.78 is 23.1. The second-order valence-corrected chi connectivity index (χ2v) is 10.2. The summed E-state index contributed by atoms with van der Waals surface area (Å²) in [6, 6.07) is 11.7. The number of carboxylic acids is 1. The SMILES string of the molecule is COc1ccc(OCCO[C@H]2C[C@](C(=O)O)(C(C)(C)C)C2)cc1-c1cc(=O)c2cccc(Cl)c2o1. The molecule has 8 heteroatoms. The molecule has 1 heterocycles. The van der Waals surface area contributed by atoms with Gasteiger partial charge in [0.2, 0.25) is 0 Å². The van der Waals surface area contributed by atoms with E-state index >= 15 is 0 Å². The van der Waals surface area contributed by atoms with E-state index in [-0.39, 0.29) is 23.6 Å². The third kappa shape index (κ3) is 4.75. The van der Waals surface area contributed by atoms with Crippen LogP contribution in [0.5, 0.6) is 11.5 Å². The van der Waals surface area contributed by atoms with E-state index in [1.807, 2.05) is 20.8 Å². The number of benzene rings is 2. The first kappa shape index (κ1) is 25.1. The van der Waals surface area contributed by atoms with Gasteiger partial charge in [0.05, 0.1) is 41.2 Å². The number of halogens is 1. The summed E-state index contributed by atoms with van der Waals surface area (Å²) >= 11 is 6.24. The molecule has 4 rings (SSSR count). The lowest BCUT2D eigenvalue weighted by Crippen LogP contribution is -2.55. The van der Waals surface area contributed by atoms with E-state index in [0.29, 0.717) is 58.3 Å². The second-order valence-electron chi connectivity index (χ2n) is 9.84. The Morgan fingerprint density at radius 3 is 2.57 bits per heavy atom. The topological polar surface area (TPSA) is 95.2 Å². The Morgan fingerprint density at radius 1 is 1.17 bits per heavy atom. The van der Waals surface area contributed by atoms with Crippen LogP contribution in [-0.2, 0) is 9.53 Å². The molecule has 7 nitrogen and oxygen atoms in total. The first-order chi connectivity index (χ1) is 16.6. The third-order valence-electron chi connectivity index (χ3n) is 6.85. The van der Waals surface area contributed by atoms with Crippen LogP contribution in [0.2, 0.25) is 5.02 Å². The Bertz CT molecular complexity index is 1300. The Kier molecular flexibility index (Phi) is 6.84.